The molecule has 5 nitrogen and oxygen atoms in total. The highest BCUT2D eigenvalue weighted by atomic mass is 79.9. The van der Waals surface area contributed by atoms with E-state index >= 15 is 0 Å². The second kappa shape index (κ2) is 9.87. The number of amides is 1. The van der Waals surface area contributed by atoms with Crippen LogP contribution in [-0.2, 0) is 0 Å². The van der Waals surface area contributed by atoms with Crippen LogP contribution in [0.25, 0.3) is 10.2 Å². The molecule has 0 saturated carbocycles. The standard InChI is InChI=1S/C20H24BrN3O2S.ClH/c1-5-23(6-2)9-10-24(19(25)16-11-13(3)26-14(16)4)20-22-17-8-7-15(21)12-18(17)27-20;/h7-8,11-12H,5-6,9-10H2,1-4H3;1H. The van der Waals surface area contributed by atoms with Crippen molar-refractivity contribution < 1.29 is 9.21 Å². The number of hydrogen-bond donors (Lipinski definition) is 0. The van der Waals surface area contributed by atoms with Gasteiger partial charge in [-0.05, 0) is 51.2 Å². The van der Waals surface area contributed by atoms with Crippen LogP contribution in [0.1, 0.15) is 35.7 Å². The van der Waals surface area contributed by atoms with Crippen molar-refractivity contribution in [3.8, 4) is 0 Å². The van der Waals surface area contributed by atoms with Crippen molar-refractivity contribution in [1.29, 1.82) is 0 Å². The fourth-order valence-electron chi connectivity index (χ4n) is 3.06. The molecule has 0 spiro atoms. The first-order chi connectivity index (χ1) is 12.9. The van der Waals surface area contributed by atoms with Gasteiger partial charge in [-0.3, -0.25) is 9.69 Å². The number of benzene rings is 1. The van der Waals surface area contributed by atoms with Crippen LogP contribution in [0, 0.1) is 13.8 Å². The van der Waals surface area contributed by atoms with Gasteiger partial charge in [-0.15, -0.1) is 12.4 Å². The van der Waals surface area contributed by atoms with Crippen molar-refractivity contribution in [2.45, 2.75) is 27.7 Å². The number of hydrogen-bond acceptors (Lipinski definition) is 5. The lowest BCUT2D eigenvalue weighted by Gasteiger charge is -2.24. The van der Waals surface area contributed by atoms with Crippen LogP contribution >= 0.6 is 39.7 Å². The Balaban J connectivity index is 0.00000280. The molecule has 0 aliphatic carbocycles. The fraction of sp³-hybridized carbons (Fsp3) is 0.400. The maximum Gasteiger partial charge on any atom is 0.263 e. The predicted molar refractivity (Wildman–Crippen MR) is 122 cm³/mol. The Morgan fingerprint density at radius 3 is 2.50 bits per heavy atom. The molecule has 152 valence electrons. The number of nitrogens with zero attached hydrogens (tertiary/aromatic N) is 3. The van der Waals surface area contributed by atoms with Crippen LogP contribution in [0.4, 0.5) is 5.13 Å². The third kappa shape index (κ3) is 4.95. The van der Waals surface area contributed by atoms with Crippen LogP contribution in [0.2, 0.25) is 0 Å². The number of aromatic nitrogens is 1. The van der Waals surface area contributed by atoms with Gasteiger partial charge in [0.05, 0.1) is 15.8 Å². The van der Waals surface area contributed by atoms with E-state index in [0.717, 1.165) is 45.2 Å². The molecule has 0 radical (unpaired) electrons. The first kappa shape index (κ1) is 22.9. The summed E-state index contributed by atoms with van der Waals surface area (Å²) in [5.41, 5.74) is 1.51. The van der Waals surface area contributed by atoms with E-state index in [1.165, 1.54) is 11.3 Å². The molecule has 0 unspecified atom stereocenters. The van der Waals surface area contributed by atoms with Gasteiger partial charge < -0.3 is 9.32 Å². The van der Waals surface area contributed by atoms with E-state index in [0.29, 0.717) is 17.9 Å². The lowest BCUT2D eigenvalue weighted by atomic mass is 10.2. The second-order valence-electron chi connectivity index (χ2n) is 6.42. The molecule has 0 bridgehead atoms. The monoisotopic (exact) mass is 485 g/mol. The largest absolute Gasteiger partial charge is 0.466 e. The summed E-state index contributed by atoms with van der Waals surface area (Å²) in [7, 11) is 0. The third-order valence-corrected chi connectivity index (χ3v) is 6.16. The molecule has 3 aromatic rings. The molecule has 0 saturated heterocycles. The van der Waals surface area contributed by atoms with E-state index in [1.807, 2.05) is 38.1 Å². The molecule has 0 atom stereocenters. The normalized spacial score (nSPS) is 11.1. The van der Waals surface area contributed by atoms with E-state index in [4.69, 9.17) is 9.40 Å². The van der Waals surface area contributed by atoms with Gasteiger partial charge in [0.25, 0.3) is 5.91 Å². The summed E-state index contributed by atoms with van der Waals surface area (Å²) in [5, 5.41) is 0.721. The number of aryl methyl sites for hydroxylation is 2. The van der Waals surface area contributed by atoms with Crippen molar-refractivity contribution in [1.82, 2.24) is 9.88 Å². The zero-order chi connectivity index (χ0) is 19.6. The molecule has 28 heavy (non-hydrogen) atoms. The van der Waals surface area contributed by atoms with Gasteiger partial charge in [0, 0.05) is 17.6 Å². The summed E-state index contributed by atoms with van der Waals surface area (Å²) < 4.78 is 7.65. The third-order valence-electron chi connectivity index (χ3n) is 4.62. The highest BCUT2D eigenvalue weighted by Gasteiger charge is 2.25. The number of carbonyl (C=O) groups excluding carboxylic acids is 1. The molecule has 0 aliphatic rings. The van der Waals surface area contributed by atoms with Gasteiger partial charge in [-0.1, -0.05) is 41.1 Å². The first-order valence-corrected chi connectivity index (χ1v) is 10.7. The molecule has 2 aromatic heterocycles. The Bertz CT molecular complexity index is 952. The Morgan fingerprint density at radius 1 is 1.18 bits per heavy atom. The SMILES string of the molecule is CCN(CC)CCN(C(=O)c1cc(C)oc1C)c1nc2ccc(Br)cc2s1.Cl. The van der Waals surface area contributed by atoms with Crippen molar-refractivity contribution in [3.05, 3.63) is 45.8 Å². The molecule has 2 heterocycles. The number of halogens is 2. The summed E-state index contributed by atoms with van der Waals surface area (Å²) in [6.07, 6.45) is 0. The van der Waals surface area contributed by atoms with Gasteiger partial charge >= 0.3 is 0 Å². The van der Waals surface area contributed by atoms with E-state index < -0.39 is 0 Å². The highest BCUT2D eigenvalue weighted by molar-refractivity contribution is 9.10. The van der Waals surface area contributed by atoms with Gasteiger partial charge in [-0.2, -0.15) is 0 Å². The molecule has 3 rings (SSSR count). The average Bonchev–Trinajstić information content (AvgIpc) is 3.20. The predicted octanol–water partition coefficient (Wildman–Crippen LogP) is 5.68. The van der Waals surface area contributed by atoms with Gasteiger partial charge in [-0.25, -0.2) is 4.98 Å². The molecule has 0 N–H and O–H groups in total. The van der Waals surface area contributed by atoms with Gasteiger partial charge in [0.1, 0.15) is 11.5 Å². The summed E-state index contributed by atoms with van der Waals surface area (Å²) in [4.78, 5) is 22.1. The number of rotatable bonds is 7. The second-order valence-corrected chi connectivity index (χ2v) is 8.34. The van der Waals surface area contributed by atoms with Crippen LogP contribution in [0.15, 0.2) is 33.2 Å². The average molecular weight is 487 g/mol. The van der Waals surface area contributed by atoms with Crippen molar-refractivity contribution in [2.24, 2.45) is 0 Å². The Kier molecular flexibility index (Phi) is 8.07. The van der Waals surface area contributed by atoms with Crippen LogP contribution < -0.4 is 4.90 Å². The van der Waals surface area contributed by atoms with Crippen molar-refractivity contribution >= 4 is 60.9 Å². The van der Waals surface area contributed by atoms with E-state index in [-0.39, 0.29) is 18.3 Å². The minimum absolute atomic E-state index is 0. The Hall–Kier alpha value is -1.41. The summed E-state index contributed by atoms with van der Waals surface area (Å²) >= 11 is 5.04. The number of furan rings is 1. The minimum Gasteiger partial charge on any atom is -0.466 e. The van der Waals surface area contributed by atoms with E-state index in [2.05, 4.69) is 34.7 Å². The van der Waals surface area contributed by atoms with Crippen LogP contribution in [-0.4, -0.2) is 42.0 Å². The molecular weight excluding hydrogens is 462 g/mol. The number of fused-ring (bicyclic) bond motifs is 1. The Labute approximate surface area is 184 Å². The number of thiazole rings is 1. The smallest absolute Gasteiger partial charge is 0.263 e. The minimum atomic E-state index is -0.0605. The molecule has 1 aromatic carbocycles. The highest BCUT2D eigenvalue weighted by Crippen LogP contribution is 2.32. The number of anilines is 1. The molecule has 1 amide bonds. The molecular formula is C20H25BrClN3O2S. The molecule has 8 heteroatoms. The van der Waals surface area contributed by atoms with Gasteiger partial charge in [0.15, 0.2) is 5.13 Å². The zero-order valence-corrected chi connectivity index (χ0v) is 19.7. The number of carbonyl (C=O) groups is 1. The summed E-state index contributed by atoms with van der Waals surface area (Å²) in [6, 6.07) is 7.79. The van der Waals surface area contributed by atoms with Crippen molar-refractivity contribution in [2.75, 3.05) is 31.1 Å². The Morgan fingerprint density at radius 2 is 1.89 bits per heavy atom. The topological polar surface area (TPSA) is 49.6 Å². The fourth-order valence-corrected chi connectivity index (χ4v) is 4.60. The summed E-state index contributed by atoms with van der Waals surface area (Å²) in [5.74, 6) is 1.33. The van der Waals surface area contributed by atoms with Crippen LogP contribution in [0.3, 0.4) is 0 Å². The number of likely N-dealkylation sites (N-methyl/N-ethyl adjacent to an activating group) is 1. The molecule has 0 fully saturated rings. The van der Waals surface area contributed by atoms with E-state index in [9.17, 15) is 4.79 Å². The van der Waals surface area contributed by atoms with Gasteiger partial charge in [0.2, 0.25) is 0 Å². The quantitative estimate of drug-likeness (QED) is 0.431. The lowest BCUT2D eigenvalue weighted by molar-refractivity contribution is 0.0982. The summed E-state index contributed by atoms with van der Waals surface area (Å²) in [6.45, 7) is 11.3. The maximum absolute atomic E-state index is 13.3. The maximum atomic E-state index is 13.3. The lowest BCUT2D eigenvalue weighted by Crippen LogP contribution is -2.39. The zero-order valence-electron chi connectivity index (χ0n) is 16.5. The molecule has 0 aliphatic heterocycles. The van der Waals surface area contributed by atoms with E-state index in [1.54, 1.807) is 4.90 Å². The van der Waals surface area contributed by atoms with Crippen molar-refractivity contribution in [3.63, 3.8) is 0 Å². The first-order valence-electron chi connectivity index (χ1n) is 9.10. The van der Waals surface area contributed by atoms with Crippen LogP contribution in [0.5, 0.6) is 0 Å².